The number of ether oxygens (including phenoxy) is 1. The van der Waals surface area contributed by atoms with Crippen molar-refractivity contribution in [3.8, 4) is 11.5 Å². The first-order valence-electron chi connectivity index (χ1n) is 7.53. The van der Waals surface area contributed by atoms with Gasteiger partial charge in [-0.25, -0.2) is 9.78 Å². The van der Waals surface area contributed by atoms with Crippen LogP contribution < -0.4 is 5.32 Å². The molecule has 0 fully saturated rings. The van der Waals surface area contributed by atoms with Crippen LogP contribution in [0.5, 0.6) is 11.5 Å². The number of phenols is 2. The summed E-state index contributed by atoms with van der Waals surface area (Å²) in [5.41, 5.74) is 1.28. The highest BCUT2D eigenvalue weighted by molar-refractivity contribution is 7.22. The van der Waals surface area contributed by atoms with Crippen LogP contribution in [0, 0.1) is 0 Å². The number of fused-ring (bicyclic) bond motifs is 1. The van der Waals surface area contributed by atoms with Crippen molar-refractivity contribution in [2.75, 3.05) is 11.9 Å². The van der Waals surface area contributed by atoms with E-state index in [1.54, 1.807) is 24.3 Å². The average Bonchev–Trinajstić information content (AvgIpc) is 2.99. The number of esters is 1. The quantitative estimate of drug-likeness (QED) is 0.471. The molecule has 0 saturated carbocycles. The molecule has 0 aliphatic rings. The van der Waals surface area contributed by atoms with Crippen molar-refractivity contribution in [1.29, 1.82) is 0 Å². The van der Waals surface area contributed by atoms with E-state index in [-0.39, 0.29) is 11.5 Å². The lowest BCUT2D eigenvalue weighted by atomic mass is 10.2. The Morgan fingerprint density at radius 3 is 2.77 bits per heavy atom. The van der Waals surface area contributed by atoms with Gasteiger partial charge in [-0.2, -0.15) is 0 Å². The smallest absolute Gasteiger partial charge is 0.331 e. The molecular formula is C18H14N2O5S. The van der Waals surface area contributed by atoms with E-state index in [1.807, 2.05) is 0 Å². The Bertz CT molecular complexity index is 996. The van der Waals surface area contributed by atoms with Gasteiger partial charge in [0.25, 0.3) is 5.91 Å². The van der Waals surface area contributed by atoms with Gasteiger partial charge >= 0.3 is 5.97 Å². The highest BCUT2D eigenvalue weighted by Crippen LogP contribution is 2.28. The van der Waals surface area contributed by atoms with Crippen LogP contribution in [-0.4, -0.2) is 33.7 Å². The maximum Gasteiger partial charge on any atom is 0.331 e. The van der Waals surface area contributed by atoms with E-state index in [0.29, 0.717) is 16.2 Å². The number of hydrogen-bond acceptors (Lipinski definition) is 7. The molecule has 0 bridgehead atoms. The summed E-state index contributed by atoms with van der Waals surface area (Å²) in [5, 5.41) is 21.7. The molecule has 7 nitrogen and oxygen atoms in total. The number of aromatic hydroxyl groups is 2. The minimum Gasteiger partial charge on any atom is -0.508 e. The van der Waals surface area contributed by atoms with Gasteiger partial charge in [-0.1, -0.05) is 23.5 Å². The lowest BCUT2D eigenvalue weighted by Crippen LogP contribution is -2.19. The van der Waals surface area contributed by atoms with E-state index in [4.69, 9.17) is 4.74 Å². The Kier molecular flexibility index (Phi) is 5.14. The molecule has 132 valence electrons. The van der Waals surface area contributed by atoms with Gasteiger partial charge in [-0.15, -0.1) is 0 Å². The van der Waals surface area contributed by atoms with E-state index < -0.39 is 18.5 Å². The molecule has 1 amide bonds. The molecule has 0 radical (unpaired) electrons. The van der Waals surface area contributed by atoms with Crippen molar-refractivity contribution in [3.05, 3.63) is 54.1 Å². The van der Waals surface area contributed by atoms with Gasteiger partial charge in [0.2, 0.25) is 0 Å². The third-order valence-corrected chi connectivity index (χ3v) is 4.18. The molecule has 1 heterocycles. The number of nitrogens with one attached hydrogen (secondary N) is 1. The maximum absolute atomic E-state index is 11.9. The fourth-order valence-corrected chi connectivity index (χ4v) is 3.01. The van der Waals surface area contributed by atoms with Gasteiger partial charge in [0.1, 0.15) is 11.5 Å². The number of carbonyl (C=O) groups is 2. The molecule has 26 heavy (non-hydrogen) atoms. The summed E-state index contributed by atoms with van der Waals surface area (Å²) in [4.78, 5) is 27.7. The third kappa shape index (κ3) is 4.58. The monoisotopic (exact) mass is 370 g/mol. The van der Waals surface area contributed by atoms with Crippen molar-refractivity contribution in [1.82, 2.24) is 4.98 Å². The number of phenolic OH excluding ortho intramolecular Hbond substituents is 2. The van der Waals surface area contributed by atoms with Crippen LogP contribution >= 0.6 is 11.3 Å². The summed E-state index contributed by atoms with van der Waals surface area (Å²) in [6.07, 6.45) is 2.64. The number of anilines is 1. The standard InChI is InChI=1S/C18H14N2O5S/c21-12-3-1-2-11(8-12)4-7-17(24)25-10-16(23)20-18-19-14-6-5-13(22)9-15(14)26-18/h1-9,21-22H,10H2,(H,19,20,23)/b7-4+. The molecule has 3 N–H and O–H groups in total. The molecule has 8 heteroatoms. The van der Waals surface area contributed by atoms with E-state index in [9.17, 15) is 19.8 Å². The normalized spacial score (nSPS) is 10.9. The molecule has 2 aromatic carbocycles. The van der Waals surface area contributed by atoms with Crippen molar-refractivity contribution in [3.63, 3.8) is 0 Å². The summed E-state index contributed by atoms with van der Waals surface area (Å²) in [6.45, 7) is -0.454. The van der Waals surface area contributed by atoms with E-state index in [1.165, 1.54) is 41.7 Å². The van der Waals surface area contributed by atoms with Crippen molar-refractivity contribution < 1.29 is 24.5 Å². The Hall–Kier alpha value is -3.39. The number of hydrogen-bond donors (Lipinski definition) is 3. The minimum atomic E-state index is -0.683. The predicted octanol–water partition coefficient (Wildman–Crippen LogP) is 2.90. The lowest BCUT2D eigenvalue weighted by molar-refractivity contribution is -0.142. The Balaban J connectivity index is 1.52. The zero-order valence-corrected chi connectivity index (χ0v) is 14.2. The second-order valence-corrected chi connectivity index (χ2v) is 6.29. The first-order chi connectivity index (χ1) is 12.5. The van der Waals surface area contributed by atoms with Crippen LogP contribution in [0.25, 0.3) is 16.3 Å². The predicted molar refractivity (Wildman–Crippen MR) is 98.0 cm³/mol. The van der Waals surface area contributed by atoms with Crippen molar-refractivity contribution in [2.45, 2.75) is 0 Å². The van der Waals surface area contributed by atoms with Gasteiger partial charge in [-0.05, 0) is 42.0 Å². The summed E-state index contributed by atoms with van der Waals surface area (Å²) in [7, 11) is 0. The molecule has 0 unspecified atom stereocenters. The zero-order chi connectivity index (χ0) is 18.5. The average molecular weight is 370 g/mol. The second kappa shape index (κ2) is 7.66. The number of amides is 1. The van der Waals surface area contributed by atoms with Crippen molar-refractivity contribution in [2.24, 2.45) is 0 Å². The largest absolute Gasteiger partial charge is 0.508 e. The number of rotatable bonds is 5. The summed E-state index contributed by atoms with van der Waals surface area (Å²) in [6, 6.07) is 11.1. The molecule has 1 aromatic heterocycles. The topological polar surface area (TPSA) is 109 Å². The van der Waals surface area contributed by atoms with E-state index in [2.05, 4.69) is 10.3 Å². The SMILES string of the molecule is O=C(COC(=O)/C=C/c1cccc(O)c1)Nc1nc2ccc(O)cc2s1. The van der Waals surface area contributed by atoms with Crippen LogP contribution in [0.4, 0.5) is 5.13 Å². The van der Waals surface area contributed by atoms with Gasteiger partial charge < -0.3 is 14.9 Å². The lowest BCUT2D eigenvalue weighted by Gasteiger charge is -2.02. The van der Waals surface area contributed by atoms with E-state index in [0.717, 1.165) is 4.70 Å². The van der Waals surface area contributed by atoms with Crippen molar-refractivity contribution >= 4 is 44.6 Å². The van der Waals surface area contributed by atoms with Crippen LogP contribution in [0.2, 0.25) is 0 Å². The van der Waals surface area contributed by atoms with Gasteiger partial charge in [0, 0.05) is 6.08 Å². The summed E-state index contributed by atoms with van der Waals surface area (Å²) >= 11 is 1.20. The second-order valence-electron chi connectivity index (χ2n) is 5.26. The number of aromatic nitrogens is 1. The molecule has 3 rings (SSSR count). The van der Waals surface area contributed by atoms with Crippen LogP contribution in [0.15, 0.2) is 48.5 Å². The molecule has 0 aliphatic carbocycles. The van der Waals surface area contributed by atoms with Crippen LogP contribution in [-0.2, 0) is 14.3 Å². The number of benzene rings is 2. The highest BCUT2D eigenvalue weighted by Gasteiger charge is 2.10. The minimum absolute atomic E-state index is 0.0871. The third-order valence-electron chi connectivity index (χ3n) is 3.25. The number of nitrogens with zero attached hydrogens (tertiary/aromatic N) is 1. The molecule has 3 aromatic rings. The molecule has 0 spiro atoms. The van der Waals surface area contributed by atoms with E-state index >= 15 is 0 Å². The highest BCUT2D eigenvalue weighted by atomic mass is 32.1. The summed E-state index contributed by atoms with van der Waals surface area (Å²) in [5.74, 6) is -0.999. The molecular weight excluding hydrogens is 356 g/mol. The van der Waals surface area contributed by atoms with Crippen LogP contribution in [0.3, 0.4) is 0 Å². The fourth-order valence-electron chi connectivity index (χ4n) is 2.10. The van der Waals surface area contributed by atoms with Gasteiger partial charge in [0.05, 0.1) is 10.2 Å². The Labute approximate surface area is 152 Å². The number of carbonyl (C=O) groups excluding carboxylic acids is 2. The first kappa shape index (κ1) is 17.4. The first-order valence-corrected chi connectivity index (χ1v) is 8.34. The molecule has 0 atom stereocenters. The van der Waals surface area contributed by atoms with Gasteiger partial charge in [0.15, 0.2) is 11.7 Å². The molecule has 0 aliphatic heterocycles. The fraction of sp³-hybridized carbons (Fsp3) is 0.0556. The van der Waals surface area contributed by atoms with Gasteiger partial charge in [-0.3, -0.25) is 10.1 Å². The molecule has 0 saturated heterocycles. The van der Waals surface area contributed by atoms with Crippen LogP contribution in [0.1, 0.15) is 5.56 Å². The Morgan fingerprint density at radius 2 is 1.96 bits per heavy atom. The Morgan fingerprint density at radius 1 is 1.15 bits per heavy atom. The summed E-state index contributed by atoms with van der Waals surface area (Å²) < 4.78 is 5.59. The number of thiazole rings is 1. The maximum atomic E-state index is 11.9. The zero-order valence-electron chi connectivity index (χ0n) is 13.4.